The van der Waals surface area contributed by atoms with Gasteiger partial charge in [0, 0.05) is 0 Å². The zero-order valence-corrected chi connectivity index (χ0v) is 12.4. The smallest absolute Gasteiger partial charge is 0.316 e. The van der Waals surface area contributed by atoms with Gasteiger partial charge in [-0.25, -0.2) is 0 Å². The lowest BCUT2D eigenvalue weighted by Crippen LogP contribution is -2.41. The fraction of sp³-hybridized carbons (Fsp3) is 0.667. The van der Waals surface area contributed by atoms with Gasteiger partial charge < -0.3 is 19.3 Å². The third-order valence-corrected chi connectivity index (χ3v) is 3.68. The molecule has 0 aromatic carbocycles. The van der Waals surface area contributed by atoms with Crippen molar-refractivity contribution < 1.29 is 24.1 Å². The van der Waals surface area contributed by atoms with Crippen molar-refractivity contribution in [1.29, 1.82) is 0 Å². The summed E-state index contributed by atoms with van der Waals surface area (Å²) in [6.45, 7) is 8.93. The monoisotopic (exact) mass is 284 g/mol. The van der Waals surface area contributed by atoms with Crippen LogP contribution in [0.4, 0.5) is 0 Å². The van der Waals surface area contributed by atoms with E-state index in [2.05, 4.69) is 6.58 Å². The van der Waals surface area contributed by atoms with Crippen molar-refractivity contribution in [3.63, 3.8) is 0 Å². The molecule has 114 valence electrons. The summed E-state index contributed by atoms with van der Waals surface area (Å²) >= 11 is 0. The van der Waals surface area contributed by atoms with E-state index in [0.29, 0.717) is 0 Å². The van der Waals surface area contributed by atoms with Crippen molar-refractivity contribution in [3.8, 4) is 0 Å². The van der Waals surface area contributed by atoms with Crippen LogP contribution in [-0.2, 0) is 19.0 Å². The third kappa shape index (κ3) is 3.61. The molecule has 5 heteroatoms. The first kappa shape index (κ1) is 16.7. The fourth-order valence-electron chi connectivity index (χ4n) is 1.75. The second-order valence-corrected chi connectivity index (χ2v) is 5.55. The molecule has 1 N–H and O–H groups in total. The van der Waals surface area contributed by atoms with Gasteiger partial charge >= 0.3 is 5.97 Å². The van der Waals surface area contributed by atoms with E-state index >= 15 is 0 Å². The number of aliphatic hydroxyl groups excluding tert-OH is 1. The molecular formula is C15H24O5. The van der Waals surface area contributed by atoms with Gasteiger partial charge in [0.05, 0.1) is 24.9 Å². The molecule has 0 bridgehead atoms. The highest BCUT2D eigenvalue weighted by Crippen LogP contribution is 2.36. The van der Waals surface area contributed by atoms with E-state index < -0.39 is 17.7 Å². The quantitative estimate of drug-likeness (QED) is 0.545. The summed E-state index contributed by atoms with van der Waals surface area (Å²) in [5.74, 6) is -0.510. The average molecular weight is 284 g/mol. The molecule has 3 atom stereocenters. The molecule has 3 unspecified atom stereocenters. The molecule has 0 aromatic heterocycles. The maximum atomic E-state index is 11.9. The van der Waals surface area contributed by atoms with Crippen LogP contribution in [0.25, 0.3) is 0 Å². The lowest BCUT2D eigenvalue weighted by Gasteiger charge is -2.31. The average Bonchev–Trinajstić information content (AvgIpc) is 2.84. The Labute approximate surface area is 120 Å². The Morgan fingerprint density at radius 3 is 2.90 bits per heavy atom. The maximum absolute atomic E-state index is 11.9. The van der Waals surface area contributed by atoms with Crippen LogP contribution in [0.5, 0.6) is 0 Å². The molecule has 1 aliphatic heterocycles. The minimum absolute atomic E-state index is 0.0292. The first-order valence-electron chi connectivity index (χ1n) is 6.75. The first-order chi connectivity index (χ1) is 9.41. The van der Waals surface area contributed by atoms with Gasteiger partial charge in [-0.3, -0.25) is 4.79 Å². The van der Waals surface area contributed by atoms with Gasteiger partial charge in [-0.05, 0) is 26.3 Å². The van der Waals surface area contributed by atoms with Crippen molar-refractivity contribution in [2.75, 3.05) is 19.8 Å². The van der Waals surface area contributed by atoms with Gasteiger partial charge in [0.1, 0.15) is 12.0 Å². The van der Waals surface area contributed by atoms with Gasteiger partial charge in [-0.1, -0.05) is 19.6 Å². The van der Waals surface area contributed by atoms with Crippen LogP contribution < -0.4 is 0 Å². The Bertz CT molecular complexity index is 378. The summed E-state index contributed by atoms with van der Waals surface area (Å²) in [5, 5.41) is 9.45. The predicted molar refractivity (Wildman–Crippen MR) is 74.7 cm³/mol. The molecule has 0 saturated carbocycles. The highest BCUT2D eigenvalue weighted by Gasteiger charge is 2.41. The van der Waals surface area contributed by atoms with Gasteiger partial charge in [0.2, 0.25) is 6.29 Å². The van der Waals surface area contributed by atoms with Gasteiger partial charge in [-0.2, -0.15) is 0 Å². The van der Waals surface area contributed by atoms with Crippen molar-refractivity contribution in [2.24, 2.45) is 10.8 Å². The molecule has 0 aromatic rings. The normalized spacial score (nSPS) is 27.7. The van der Waals surface area contributed by atoms with Crippen LogP contribution >= 0.6 is 0 Å². The lowest BCUT2D eigenvalue weighted by atomic mass is 9.87. The van der Waals surface area contributed by atoms with E-state index in [-0.39, 0.29) is 25.2 Å². The van der Waals surface area contributed by atoms with E-state index in [0.717, 1.165) is 6.42 Å². The molecule has 1 heterocycles. The van der Waals surface area contributed by atoms with Crippen molar-refractivity contribution in [3.05, 3.63) is 25.0 Å². The molecule has 1 aliphatic rings. The van der Waals surface area contributed by atoms with E-state index in [4.69, 9.17) is 14.2 Å². The van der Waals surface area contributed by atoms with E-state index in [1.54, 1.807) is 13.2 Å². The second-order valence-electron chi connectivity index (χ2n) is 5.55. The molecular weight excluding hydrogens is 260 g/mol. The van der Waals surface area contributed by atoms with Crippen molar-refractivity contribution >= 4 is 5.97 Å². The highest BCUT2D eigenvalue weighted by atomic mass is 16.7. The fourth-order valence-corrected chi connectivity index (χ4v) is 1.75. The number of rotatable bonds is 8. The van der Waals surface area contributed by atoms with Crippen LogP contribution in [0, 0.1) is 10.8 Å². The molecule has 0 amide bonds. The van der Waals surface area contributed by atoms with E-state index in [9.17, 15) is 9.90 Å². The largest absolute Gasteiger partial charge is 0.472 e. The second kappa shape index (κ2) is 6.90. The third-order valence-electron chi connectivity index (χ3n) is 3.68. The molecule has 1 rings (SSSR count). The minimum Gasteiger partial charge on any atom is -0.472 e. The van der Waals surface area contributed by atoms with Gasteiger partial charge in [0.15, 0.2) is 0 Å². The number of ether oxygens (including phenoxy) is 3. The van der Waals surface area contributed by atoms with Crippen LogP contribution in [0.3, 0.4) is 0 Å². The minimum atomic E-state index is -1.11. The number of carbonyl (C=O) groups is 1. The Morgan fingerprint density at radius 2 is 2.35 bits per heavy atom. The van der Waals surface area contributed by atoms with Crippen LogP contribution in [0.15, 0.2) is 25.0 Å². The van der Waals surface area contributed by atoms with Crippen molar-refractivity contribution in [1.82, 2.24) is 0 Å². The Balaban J connectivity index is 2.61. The highest BCUT2D eigenvalue weighted by molar-refractivity contribution is 5.76. The van der Waals surface area contributed by atoms with E-state index in [1.807, 2.05) is 19.9 Å². The summed E-state index contributed by atoms with van der Waals surface area (Å²) in [6, 6.07) is 0. The summed E-state index contributed by atoms with van der Waals surface area (Å²) < 4.78 is 16.1. The van der Waals surface area contributed by atoms with Gasteiger partial charge in [-0.15, -0.1) is 0 Å². The SMILES string of the molecule is C=CCOC(=O)C(C)(CO)COC1OC=CC1(C)CC. The summed E-state index contributed by atoms with van der Waals surface area (Å²) in [6.07, 6.45) is 5.44. The molecule has 0 fully saturated rings. The van der Waals surface area contributed by atoms with Crippen LogP contribution in [0.1, 0.15) is 27.2 Å². The first-order valence-corrected chi connectivity index (χ1v) is 6.75. The number of esters is 1. The van der Waals surface area contributed by atoms with Crippen LogP contribution in [-0.4, -0.2) is 37.2 Å². The summed E-state index contributed by atoms with van der Waals surface area (Å²) in [7, 11) is 0. The Hall–Kier alpha value is -1.33. The zero-order valence-electron chi connectivity index (χ0n) is 12.4. The molecule has 20 heavy (non-hydrogen) atoms. The van der Waals surface area contributed by atoms with E-state index in [1.165, 1.54) is 6.08 Å². The summed E-state index contributed by atoms with van der Waals surface area (Å²) in [5.41, 5.74) is -1.33. The zero-order chi connectivity index (χ0) is 15.2. The van der Waals surface area contributed by atoms with Crippen LogP contribution in [0.2, 0.25) is 0 Å². The molecule has 0 radical (unpaired) electrons. The Morgan fingerprint density at radius 1 is 1.65 bits per heavy atom. The van der Waals surface area contributed by atoms with Gasteiger partial charge in [0.25, 0.3) is 0 Å². The number of hydrogen-bond donors (Lipinski definition) is 1. The topological polar surface area (TPSA) is 65.0 Å². The number of aliphatic hydroxyl groups is 1. The molecule has 0 aliphatic carbocycles. The number of hydrogen-bond acceptors (Lipinski definition) is 5. The molecule has 0 saturated heterocycles. The maximum Gasteiger partial charge on any atom is 0.316 e. The predicted octanol–water partition coefficient (Wildman–Crippen LogP) is 2.02. The van der Waals surface area contributed by atoms with Crippen molar-refractivity contribution in [2.45, 2.75) is 33.5 Å². The summed E-state index contributed by atoms with van der Waals surface area (Å²) in [4.78, 5) is 11.9. The number of carbonyl (C=O) groups excluding carboxylic acids is 1. The molecule has 5 nitrogen and oxygen atoms in total. The standard InChI is InChI=1S/C15H24O5/c1-5-8-18-12(17)15(4,10-16)11-20-13-14(3,6-2)7-9-19-13/h5,7,9,13,16H,1,6,8,10-11H2,2-4H3. The lowest BCUT2D eigenvalue weighted by molar-refractivity contribution is -0.184. The molecule has 0 spiro atoms. The Kier molecular flexibility index (Phi) is 5.77.